The highest BCUT2D eigenvalue weighted by atomic mass is 15.1. The Kier molecular flexibility index (Phi) is 9.98. The first-order valence-electron chi connectivity index (χ1n) is 24.9. The second-order valence-electron chi connectivity index (χ2n) is 19.9. The zero-order chi connectivity index (χ0) is 46.1. The van der Waals surface area contributed by atoms with Crippen molar-refractivity contribution in [3.63, 3.8) is 0 Å². The summed E-state index contributed by atoms with van der Waals surface area (Å²) >= 11 is 0. The average Bonchev–Trinajstić information content (AvgIpc) is 3.87. The second kappa shape index (κ2) is 16.7. The molecule has 1 fully saturated rings. The maximum atomic E-state index is 2.55. The summed E-state index contributed by atoms with van der Waals surface area (Å²) in [7, 11) is 0. The van der Waals surface area contributed by atoms with Gasteiger partial charge in [0.2, 0.25) is 0 Å². The Labute approximate surface area is 405 Å². The molecule has 1 saturated carbocycles. The van der Waals surface area contributed by atoms with Crippen LogP contribution in [0.1, 0.15) is 68.6 Å². The molecule has 0 amide bonds. The lowest BCUT2D eigenvalue weighted by atomic mass is 9.82. The molecule has 69 heavy (non-hydrogen) atoms. The van der Waals surface area contributed by atoms with E-state index < -0.39 is 0 Å². The molecule has 0 atom stereocenters. The number of aromatic nitrogens is 1. The molecule has 10 aromatic carbocycles. The van der Waals surface area contributed by atoms with E-state index in [1.54, 1.807) is 0 Å². The van der Waals surface area contributed by atoms with Gasteiger partial charge in [0.25, 0.3) is 0 Å². The van der Waals surface area contributed by atoms with Gasteiger partial charge >= 0.3 is 0 Å². The molecule has 0 N–H and O–H groups in total. The zero-order valence-corrected chi connectivity index (χ0v) is 39.4. The fourth-order valence-corrected chi connectivity index (χ4v) is 12.2. The van der Waals surface area contributed by atoms with E-state index in [-0.39, 0.29) is 5.41 Å². The predicted molar refractivity (Wildman–Crippen MR) is 293 cm³/mol. The normalized spacial score (nSPS) is 14.3. The van der Waals surface area contributed by atoms with Crippen LogP contribution >= 0.6 is 0 Å². The van der Waals surface area contributed by atoms with Crippen molar-refractivity contribution in [2.45, 2.75) is 57.3 Å². The number of anilines is 3. The van der Waals surface area contributed by atoms with Crippen LogP contribution in [0.25, 0.3) is 82.8 Å². The Morgan fingerprint density at radius 3 is 1.80 bits per heavy atom. The maximum Gasteiger partial charge on any atom is 0.0620 e. The summed E-state index contributed by atoms with van der Waals surface area (Å²) in [6, 6.07) is 84.3. The molecule has 0 unspecified atom stereocenters. The maximum absolute atomic E-state index is 2.55. The van der Waals surface area contributed by atoms with Crippen molar-refractivity contribution in [3.05, 3.63) is 241 Å². The third-order valence-corrected chi connectivity index (χ3v) is 15.6. The first kappa shape index (κ1) is 41.3. The summed E-state index contributed by atoms with van der Waals surface area (Å²) in [6.07, 6.45) is 6.54. The molecule has 0 aliphatic heterocycles. The first-order chi connectivity index (χ1) is 34.0. The minimum absolute atomic E-state index is 0.0910. The lowest BCUT2D eigenvalue weighted by Crippen LogP contribution is -2.15. The summed E-state index contributed by atoms with van der Waals surface area (Å²) < 4.78 is 2.54. The van der Waals surface area contributed by atoms with Crippen LogP contribution in [0.3, 0.4) is 0 Å². The fourth-order valence-electron chi connectivity index (χ4n) is 12.2. The van der Waals surface area contributed by atoms with Crippen LogP contribution in [0.2, 0.25) is 0 Å². The molecule has 0 saturated heterocycles. The van der Waals surface area contributed by atoms with Crippen molar-refractivity contribution in [2.24, 2.45) is 0 Å². The van der Waals surface area contributed by atoms with Crippen molar-refractivity contribution in [1.82, 2.24) is 4.57 Å². The topological polar surface area (TPSA) is 8.17 Å². The zero-order valence-electron chi connectivity index (χ0n) is 39.4. The van der Waals surface area contributed by atoms with E-state index in [4.69, 9.17) is 0 Å². The monoisotopic (exact) mass is 886 g/mol. The van der Waals surface area contributed by atoms with Crippen LogP contribution in [0.4, 0.5) is 17.1 Å². The van der Waals surface area contributed by atoms with Crippen LogP contribution in [0, 0.1) is 0 Å². The summed E-state index contributed by atoms with van der Waals surface area (Å²) in [4.78, 5) is 2.55. The molecule has 1 aromatic heterocycles. The highest BCUT2D eigenvalue weighted by Gasteiger charge is 2.36. The number of rotatable bonds is 8. The fraction of sp³-hybridized carbons (Fsp3) is 0.134. The lowest BCUT2D eigenvalue weighted by Gasteiger charge is -2.30. The molecular formula is C67H54N2. The standard InChI is InChI=1S/C67H54N2/c1-67(2)61-31-16-14-27-56(61)60-44-53(38-39-62(60)67)68(52-36-33-48(34-37-52)45-19-6-3-7-20-45)64-40-35-49-25-12-13-26-55(49)65(64)59-30-18-29-58-57-28-15-17-32-63(57)69(66(58)59)54-42-50(46-21-8-4-9-22-46)41-51(43-54)47-23-10-5-11-24-47/h4-5,8-18,21-45H,3,6-7,19-20H2,1-2H3. The number of benzene rings is 10. The van der Waals surface area contributed by atoms with Crippen LogP contribution in [-0.2, 0) is 5.41 Å². The van der Waals surface area contributed by atoms with Crippen molar-refractivity contribution in [2.75, 3.05) is 4.90 Å². The molecule has 2 aliphatic rings. The first-order valence-corrected chi connectivity index (χ1v) is 24.9. The van der Waals surface area contributed by atoms with E-state index in [9.17, 15) is 0 Å². The largest absolute Gasteiger partial charge is 0.310 e. The molecule has 2 aliphatic carbocycles. The van der Waals surface area contributed by atoms with Gasteiger partial charge in [-0.1, -0.05) is 203 Å². The predicted octanol–water partition coefficient (Wildman–Crippen LogP) is 18.8. The summed E-state index contributed by atoms with van der Waals surface area (Å²) in [5.41, 5.74) is 20.9. The number of nitrogens with zero attached hydrogens (tertiary/aromatic N) is 2. The van der Waals surface area contributed by atoms with Crippen LogP contribution < -0.4 is 4.90 Å². The molecule has 1 heterocycles. The number of hydrogen-bond acceptors (Lipinski definition) is 1. The van der Waals surface area contributed by atoms with Crippen molar-refractivity contribution < 1.29 is 0 Å². The number of hydrogen-bond donors (Lipinski definition) is 0. The van der Waals surface area contributed by atoms with Crippen molar-refractivity contribution in [1.29, 1.82) is 0 Å². The molecule has 13 rings (SSSR count). The van der Waals surface area contributed by atoms with Crippen LogP contribution in [-0.4, -0.2) is 4.57 Å². The molecule has 332 valence electrons. The van der Waals surface area contributed by atoms with Gasteiger partial charge in [-0.2, -0.15) is 0 Å². The molecule has 2 heteroatoms. The van der Waals surface area contributed by atoms with Gasteiger partial charge < -0.3 is 9.47 Å². The van der Waals surface area contributed by atoms with E-state index in [1.807, 2.05) is 0 Å². The van der Waals surface area contributed by atoms with Gasteiger partial charge in [0.1, 0.15) is 0 Å². The second-order valence-corrected chi connectivity index (χ2v) is 19.9. The van der Waals surface area contributed by atoms with Gasteiger partial charge in [0.15, 0.2) is 0 Å². The van der Waals surface area contributed by atoms with Gasteiger partial charge in [0.05, 0.1) is 16.7 Å². The van der Waals surface area contributed by atoms with Gasteiger partial charge in [-0.15, -0.1) is 0 Å². The van der Waals surface area contributed by atoms with E-state index in [0.29, 0.717) is 5.92 Å². The van der Waals surface area contributed by atoms with Gasteiger partial charge in [-0.3, -0.25) is 0 Å². The van der Waals surface area contributed by atoms with E-state index in [2.05, 4.69) is 248 Å². The highest BCUT2D eigenvalue weighted by Crippen LogP contribution is 2.53. The summed E-state index contributed by atoms with van der Waals surface area (Å²) in [5.74, 6) is 0.624. The van der Waals surface area contributed by atoms with E-state index in [0.717, 1.165) is 22.7 Å². The molecule has 0 radical (unpaired) electrons. The van der Waals surface area contributed by atoms with Crippen molar-refractivity contribution in [3.8, 4) is 50.2 Å². The number of para-hydroxylation sites is 2. The number of fused-ring (bicyclic) bond motifs is 7. The highest BCUT2D eigenvalue weighted by molar-refractivity contribution is 6.18. The van der Waals surface area contributed by atoms with E-state index >= 15 is 0 Å². The minimum Gasteiger partial charge on any atom is -0.310 e. The molecule has 2 nitrogen and oxygen atoms in total. The molecule has 0 bridgehead atoms. The Balaban J connectivity index is 1.10. The van der Waals surface area contributed by atoms with Gasteiger partial charge in [0, 0.05) is 44.4 Å². The molecular weight excluding hydrogens is 833 g/mol. The SMILES string of the molecule is CC1(C)c2ccccc2-c2cc(N(c3ccc(C4CCCCC4)cc3)c3ccc4ccccc4c3-c3cccc4c5ccccc5n(-c5cc(-c6ccccc6)cc(-c6ccccc6)c5)c34)ccc21. The van der Waals surface area contributed by atoms with E-state index in [1.165, 1.54) is 126 Å². The van der Waals surface area contributed by atoms with Crippen LogP contribution in [0.5, 0.6) is 0 Å². The average molecular weight is 887 g/mol. The quantitative estimate of drug-likeness (QED) is 0.148. The third-order valence-electron chi connectivity index (χ3n) is 15.6. The van der Waals surface area contributed by atoms with Gasteiger partial charge in [-0.05, 0) is 134 Å². The smallest absolute Gasteiger partial charge is 0.0620 e. The van der Waals surface area contributed by atoms with Crippen LogP contribution in [0.15, 0.2) is 224 Å². The van der Waals surface area contributed by atoms with Crippen molar-refractivity contribution >= 4 is 49.6 Å². The molecule has 0 spiro atoms. The Morgan fingerprint density at radius 1 is 0.435 bits per heavy atom. The third kappa shape index (κ3) is 6.92. The minimum atomic E-state index is -0.0910. The van der Waals surface area contributed by atoms with Gasteiger partial charge in [-0.25, -0.2) is 0 Å². The summed E-state index contributed by atoms with van der Waals surface area (Å²) in [5, 5.41) is 4.90. The summed E-state index contributed by atoms with van der Waals surface area (Å²) in [6.45, 7) is 4.75. The lowest BCUT2D eigenvalue weighted by molar-refractivity contribution is 0.443. The Hall–Kier alpha value is -7.94. The molecule has 11 aromatic rings. The Bertz CT molecular complexity index is 3660. The Morgan fingerprint density at radius 2 is 1.04 bits per heavy atom.